The summed E-state index contributed by atoms with van der Waals surface area (Å²) in [6.45, 7) is 4.46. The third-order valence-corrected chi connectivity index (χ3v) is 3.35. The van der Waals surface area contributed by atoms with E-state index in [2.05, 4.69) is 12.2 Å². The average molecular weight is 249 g/mol. The Balaban J connectivity index is 1.63. The molecule has 2 atom stereocenters. The molecule has 3 heteroatoms. The van der Waals surface area contributed by atoms with Crippen LogP contribution >= 0.6 is 0 Å². The highest BCUT2D eigenvalue weighted by atomic mass is 16.5. The summed E-state index contributed by atoms with van der Waals surface area (Å²) in [6.07, 6.45) is 4.03. The molecule has 3 nitrogen and oxygen atoms in total. The van der Waals surface area contributed by atoms with Gasteiger partial charge < -0.3 is 14.8 Å². The Morgan fingerprint density at radius 2 is 2.00 bits per heavy atom. The fraction of sp³-hybridized carbons (Fsp3) is 0.600. The standard InChI is InChI=1S/C15H23NO2/c1-2-16-14-9-6-10-15(14)18-12-11-17-13-7-4-3-5-8-13/h3-5,7-8,14-16H,2,6,9-12H2,1H3. The van der Waals surface area contributed by atoms with Gasteiger partial charge in [0.2, 0.25) is 0 Å². The Kier molecular flexibility index (Phi) is 5.49. The van der Waals surface area contributed by atoms with Crippen LogP contribution in [0.5, 0.6) is 5.75 Å². The van der Waals surface area contributed by atoms with Crippen molar-refractivity contribution in [2.24, 2.45) is 0 Å². The second kappa shape index (κ2) is 7.39. The molecule has 0 amide bonds. The molecule has 2 rings (SSSR count). The first kappa shape index (κ1) is 13.4. The Labute approximate surface area is 109 Å². The minimum absolute atomic E-state index is 0.365. The van der Waals surface area contributed by atoms with Crippen LogP contribution in [0.25, 0.3) is 0 Å². The number of rotatable bonds is 7. The van der Waals surface area contributed by atoms with Gasteiger partial charge in [0, 0.05) is 6.04 Å². The maximum absolute atomic E-state index is 5.90. The third kappa shape index (κ3) is 4.00. The molecule has 1 aromatic rings. The molecule has 2 unspecified atom stereocenters. The van der Waals surface area contributed by atoms with E-state index in [4.69, 9.17) is 9.47 Å². The first-order chi connectivity index (χ1) is 8.90. The fourth-order valence-electron chi connectivity index (χ4n) is 2.50. The Bertz CT molecular complexity index is 329. The molecule has 18 heavy (non-hydrogen) atoms. The first-order valence-electron chi connectivity index (χ1n) is 6.93. The van der Waals surface area contributed by atoms with Gasteiger partial charge in [-0.2, -0.15) is 0 Å². The van der Waals surface area contributed by atoms with E-state index in [1.165, 1.54) is 19.3 Å². The summed E-state index contributed by atoms with van der Waals surface area (Å²) in [5.41, 5.74) is 0. The highest BCUT2D eigenvalue weighted by Gasteiger charge is 2.26. The second-order valence-corrected chi connectivity index (χ2v) is 4.67. The molecular weight excluding hydrogens is 226 g/mol. The summed E-state index contributed by atoms with van der Waals surface area (Å²) >= 11 is 0. The molecule has 1 aliphatic carbocycles. The summed E-state index contributed by atoms with van der Waals surface area (Å²) in [6, 6.07) is 10.4. The zero-order valence-electron chi connectivity index (χ0n) is 11.1. The van der Waals surface area contributed by atoms with Crippen molar-refractivity contribution in [2.75, 3.05) is 19.8 Å². The van der Waals surface area contributed by atoms with Gasteiger partial charge in [-0.25, -0.2) is 0 Å². The Morgan fingerprint density at radius 3 is 2.78 bits per heavy atom. The highest BCUT2D eigenvalue weighted by Crippen LogP contribution is 2.22. The van der Waals surface area contributed by atoms with Crippen LogP contribution < -0.4 is 10.1 Å². The van der Waals surface area contributed by atoms with E-state index < -0.39 is 0 Å². The van der Waals surface area contributed by atoms with Crippen molar-refractivity contribution in [1.29, 1.82) is 0 Å². The number of likely N-dealkylation sites (N-methyl/N-ethyl adjacent to an activating group) is 1. The van der Waals surface area contributed by atoms with Crippen LogP contribution in [-0.4, -0.2) is 31.9 Å². The zero-order chi connectivity index (χ0) is 12.6. The van der Waals surface area contributed by atoms with Gasteiger partial charge in [0.1, 0.15) is 12.4 Å². The molecule has 0 bridgehead atoms. The largest absolute Gasteiger partial charge is 0.491 e. The SMILES string of the molecule is CCNC1CCCC1OCCOc1ccccc1. The van der Waals surface area contributed by atoms with Crippen LogP contribution in [0.1, 0.15) is 26.2 Å². The minimum Gasteiger partial charge on any atom is -0.491 e. The normalized spacial score (nSPS) is 23.2. The molecule has 100 valence electrons. The lowest BCUT2D eigenvalue weighted by Crippen LogP contribution is -2.37. The van der Waals surface area contributed by atoms with E-state index >= 15 is 0 Å². The molecule has 0 saturated heterocycles. The summed E-state index contributed by atoms with van der Waals surface area (Å²) < 4.78 is 11.5. The zero-order valence-corrected chi connectivity index (χ0v) is 11.1. The number of hydrogen-bond donors (Lipinski definition) is 1. The summed E-state index contributed by atoms with van der Waals surface area (Å²) in [7, 11) is 0. The molecule has 1 aromatic carbocycles. The van der Waals surface area contributed by atoms with Gasteiger partial charge >= 0.3 is 0 Å². The van der Waals surface area contributed by atoms with Crippen molar-refractivity contribution in [3.8, 4) is 5.75 Å². The minimum atomic E-state index is 0.365. The molecule has 1 saturated carbocycles. The van der Waals surface area contributed by atoms with E-state index in [1.807, 2.05) is 30.3 Å². The van der Waals surface area contributed by atoms with Gasteiger partial charge in [-0.15, -0.1) is 0 Å². The van der Waals surface area contributed by atoms with E-state index in [0.717, 1.165) is 12.3 Å². The van der Waals surface area contributed by atoms with E-state index in [-0.39, 0.29) is 0 Å². The Hall–Kier alpha value is -1.06. The van der Waals surface area contributed by atoms with Crippen molar-refractivity contribution >= 4 is 0 Å². The quantitative estimate of drug-likeness (QED) is 0.754. The summed E-state index contributed by atoms with van der Waals surface area (Å²) in [5, 5.41) is 3.49. The predicted molar refractivity (Wildman–Crippen MR) is 73.0 cm³/mol. The molecule has 0 aromatic heterocycles. The van der Waals surface area contributed by atoms with Crippen LogP contribution in [0.15, 0.2) is 30.3 Å². The number of para-hydroxylation sites is 1. The van der Waals surface area contributed by atoms with Gasteiger partial charge in [-0.3, -0.25) is 0 Å². The van der Waals surface area contributed by atoms with Crippen molar-refractivity contribution in [3.05, 3.63) is 30.3 Å². The van der Waals surface area contributed by atoms with Gasteiger partial charge in [0.15, 0.2) is 0 Å². The molecule has 1 N–H and O–H groups in total. The van der Waals surface area contributed by atoms with Crippen molar-refractivity contribution in [1.82, 2.24) is 5.32 Å². The van der Waals surface area contributed by atoms with Gasteiger partial charge in [-0.05, 0) is 37.9 Å². The molecule has 0 heterocycles. The lowest BCUT2D eigenvalue weighted by molar-refractivity contribution is 0.0231. The molecule has 0 spiro atoms. The number of nitrogens with one attached hydrogen (secondary N) is 1. The molecule has 0 aliphatic heterocycles. The smallest absolute Gasteiger partial charge is 0.119 e. The summed E-state index contributed by atoms with van der Waals surface area (Å²) in [5.74, 6) is 0.913. The Morgan fingerprint density at radius 1 is 1.17 bits per heavy atom. The molecular formula is C15H23NO2. The van der Waals surface area contributed by atoms with Gasteiger partial charge in [-0.1, -0.05) is 25.1 Å². The van der Waals surface area contributed by atoms with Crippen molar-refractivity contribution in [2.45, 2.75) is 38.3 Å². The van der Waals surface area contributed by atoms with Crippen molar-refractivity contribution < 1.29 is 9.47 Å². The number of benzene rings is 1. The van der Waals surface area contributed by atoms with Crippen LogP contribution in [0.3, 0.4) is 0 Å². The van der Waals surface area contributed by atoms with Crippen LogP contribution in [0.4, 0.5) is 0 Å². The number of ether oxygens (including phenoxy) is 2. The molecule has 1 fully saturated rings. The van der Waals surface area contributed by atoms with Gasteiger partial charge in [0.05, 0.1) is 12.7 Å². The lowest BCUT2D eigenvalue weighted by atomic mass is 10.2. The maximum Gasteiger partial charge on any atom is 0.119 e. The van der Waals surface area contributed by atoms with Crippen LogP contribution in [-0.2, 0) is 4.74 Å². The average Bonchev–Trinajstić information content (AvgIpc) is 2.84. The topological polar surface area (TPSA) is 30.5 Å². The van der Waals surface area contributed by atoms with Crippen molar-refractivity contribution in [3.63, 3.8) is 0 Å². The third-order valence-electron chi connectivity index (χ3n) is 3.35. The molecule has 0 radical (unpaired) electrons. The number of hydrogen-bond acceptors (Lipinski definition) is 3. The molecule has 1 aliphatic rings. The predicted octanol–water partition coefficient (Wildman–Crippen LogP) is 2.61. The maximum atomic E-state index is 5.90. The van der Waals surface area contributed by atoms with E-state index in [9.17, 15) is 0 Å². The van der Waals surface area contributed by atoms with E-state index in [0.29, 0.717) is 25.4 Å². The van der Waals surface area contributed by atoms with Crippen LogP contribution in [0, 0.1) is 0 Å². The van der Waals surface area contributed by atoms with Crippen LogP contribution in [0.2, 0.25) is 0 Å². The first-order valence-corrected chi connectivity index (χ1v) is 6.93. The monoisotopic (exact) mass is 249 g/mol. The van der Waals surface area contributed by atoms with Gasteiger partial charge in [0.25, 0.3) is 0 Å². The highest BCUT2D eigenvalue weighted by molar-refractivity contribution is 5.20. The van der Waals surface area contributed by atoms with E-state index in [1.54, 1.807) is 0 Å². The lowest BCUT2D eigenvalue weighted by Gasteiger charge is -2.20. The summed E-state index contributed by atoms with van der Waals surface area (Å²) in [4.78, 5) is 0. The fourth-order valence-corrected chi connectivity index (χ4v) is 2.50. The second-order valence-electron chi connectivity index (χ2n) is 4.67.